The van der Waals surface area contributed by atoms with Crippen LogP contribution in [0.15, 0.2) is 127 Å². The average Bonchev–Trinajstić information content (AvgIpc) is 1.12. The van der Waals surface area contributed by atoms with Crippen molar-refractivity contribution in [3.05, 3.63) is 103 Å². The summed E-state index contributed by atoms with van der Waals surface area (Å²) < 4.78 is 255. The third-order valence-electron chi connectivity index (χ3n) is 10.1. The number of benzene rings is 5. The predicted molar refractivity (Wildman–Crippen MR) is 293 cm³/mol. The molecule has 6 rings (SSSR count). The number of aryl methyl sites for hydroxylation is 1. The number of nitrogens with one attached hydrogen (secondary N) is 7. The zero-order valence-electron chi connectivity index (χ0n) is 42.4. The van der Waals surface area contributed by atoms with Gasteiger partial charge in [0.05, 0.1) is 57.4 Å². The Hall–Kier alpha value is -6.51. The van der Waals surface area contributed by atoms with E-state index in [1.54, 1.807) is 6.92 Å². The van der Waals surface area contributed by atoms with Gasteiger partial charge in [0.15, 0.2) is 0 Å². The molecule has 0 amide bonds. The topological polar surface area (TPSA) is 539 Å². The number of hydrogen-bond donors (Lipinski definition) is 11. The summed E-state index contributed by atoms with van der Waals surface area (Å²) in [5, 5.41) is 16.5. The van der Waals surface area contributed by atoms with Crippen molar-refractivity contribution in [3.63, 3.8) is 0 Å². The zero-order valence-corrected chi connectivity index (χ0v) is 48.9. The molecule has 0 unspecified atom stereocenters. The Morgan fingerprint density at radius 3 is 1.19 bits per heavy atom. The van der Waals surface area contributed by atoms with Crippen molar-refractivity contribution in [2.24, 2.45) is 10.2 Å². The van der Waals surface area contributed by atoms with Crippen LogP contribution >= 0.6 is 0 Å². The van der Waals surface area contributed by atoms with Gasteiger partial charge in [0.1, 0.15) is 0 Å². The molecular formula is C40H46N12O24S8. The molecule has 36 nitrogen and oxygen atoms in total. The first-order valence-corrected chi connectivity index (χ1v) is 34.2. The highest BCUT2D eigenvalue weighted by atomic mass is 32.3. The fourth-order valence-electron chi connectivity index (χ4n) is 6.81. The zero-order chi connectivity index (χ0) is 61.9. The Morgan fingerprint density at radius 2 is 0.786 bits per heavy atom. The number of fused-ring (bicyclic) bond motifs is 1. The van der Waals surface area contributed by atoms with E-state index in [4.69, 9.17) is 18.2 Å². The van der Waals surface area contributed by atoms with Crippen molar-refractivity contribution in [1.29, 1.82) is 0 Å². The molecule has 0 radical (unpaired) electrons. The van der Waals surface area contributed by atoms with Gasteiger partial charge in [0, 0.05) is 54.0 Å². The first kappa shape index (κ1) is 66.6. The molecule has 84 heavy (non-hydrogen) atoms. The van der Waals surface area contributed by atoms with Gasteiger partial charge in [-0.3, -0.25) is 18.2 Å². The van der Waals surface area contributed by atoms with Crippen molar-refractivity contribution >= 4 is 139 Å². The van der Waals surface area contributed by atoms with Gasteiger partial charge >= 0.3 is 41.6 Å². The number of anilines is 6. The molecule has 0 saturated carbocycles. The van der Waals surface area contributed by atoms with Crippen LogP contribution in [0.2, 0.25) is 0 Å². The third-order valence-corrected chi connectivity index (χ3v) is 17.9. The molecule has 0 aliphatic heterocycles. The quantitative estimate of drug-likeness (QED) is 0.0161. The number of azo groups is 1. The summed E-state index contributed by atoms with van der Waals surface area (Å²) in [7, 11) is -37.6. The minimum atomic E-state index is -4.97. The van der Waals surface area contributed by atoms with Crippen molar-refractivity contribution in [2.45, 2.75) is 26.5 Å². The standard InChI is InChI=1S/C40H46N12O24S8/c1-26-21-29(11-12-35(26)52-51-30-24-34-33(37(25-30)80(59,60)44-16-20-76-84(70,71)72)9-4-10-36(34)79(57,58)43-15-19-75-83(67,68)69)47-40-49-38(45-27-5-2-7-31(22-27)77(53,54)41-13-17-73-81(61,62)63)48-39(50-40)46-28-6-3-8-32(23-28)78(55,56)42-14-18-74-82(64,65)66/h2-12,21-25,41-44H,13-20H2,1H3,(H,61,62,63)(H,64,65,66)(H,67,68,69)(H,70,71,72)(H3,45,46,47,48,49,50). The number of nitrogens with zero attached hydrogens (tertiary/aromatic N) is 5. The van der Waals surface area contributed by atoms with E-state index in [9.17, 15) is 67.3 Å². The summed E-state index contributed by atoms with van der Waals surface area (Å²) in [5.41, 5.74) is 0.628. The van der Waals surface area contributed by atoms with Gasteiger partial charge in [-0.2, -0.15) is 58.9 Å². The second-order valence-corrected chi connectivity index (χ2v) is 27.7. The van der Waals surface area contributed by atoms with Gasteiger partial charge in [0.2, 0.25) is 57.9 Å². The Bertz CT molecular complexity index is 4280. The molecule has 0 saturated heterocycles. The Balaban J connectivity index is 1.33. The van der Waals surface area contributed by atoms with E-state index in [-0.39, 0.29) is 66.8 Å². The van der Waals surface area contributed by atoms with Crippen LogP contribution in [-0.2, 0) is 98.4 Å². The molecule has 0 fully saturated rings. The highest BCUT2D eigenvalue weighted by Crippen LogP contribution is 2.35. The predicted octanol–water partition coefficient (Wildman–Crippen LogP) is 1.37. The van der Waals surface area contributed by atoms with Crippen LogP contribution < -0.4 is 34.8 Å². The van der Waals surface area contributed by atoms with Gasteiger partial charge in [0.25, 0.3) is 0 Å². The Kier molecular flexibility index (Phi) is 21.6. The minimum absolute atomic E-state index is 0.0638. The number of aromatic nitrogens is 3. The molecule has 0 atom stereocenters. The highest BCUT2D eigenvalue weighted by molar-refractivity contribution is 7.90. The van der Waals surface area contributed by atoms with Crippen molar-refractivity contribution in [1.82, 2.24) is 33.8 Å². The Labute approximate surface area is 479 Å². The summed E-state index contributed by atoms with van der Waals surface area (Å²) in [6.07, 6.45) is 0. The van der Waals surface area contributed by atoms with Gasteiger partial charge in [-0.1, -0.05) is 24.3 Å². The summed E-state index contributed by atoms with van der Waals surface area (Å²) in [5.74, 6) is -0.741. The van der Waals surface area contributed by atoms with Gasteiger partial charge in [-0.05, 0) is 85.3 Å². The van der Waals surface area contributed by atoms with Crippen LogP contribution in [0.4, 0.5) is 46.3 Å². The monoisotopic (exact) mass is 1330 g/mol. The maximum atomic E-state index is 13.7. The van der Waals surface area contributed by atoms with E-state index in [0.717, 1.165) is 30.3 Å². The van der Waals surface area contributed by atoms with Crippen molar-refractivity contribution < 1.29 is 102 Å². The largest absolute Gasteiger partial charge is 0.397 e. The second-order valence-electron chi connectivity index (χ2n) is 16.3. The molecule has 44 heteroatoms. The third kappa shape index (κ3) is 20.9. The average molecular weight is 1340 g/mol. The molecule has 6 aromatic rings. The van der Waals surface area contributed by atoms with Crippen LogP contribution in [0.1, 0.15) is 5.56 Å². The molecule has 0 spiro atoms. The summed E-state index contributed by atoms with van der Waals surface area (Å²) in [4.78, 5) is 11.2. The molecule has 458 valence electrons. The fourth-order valence-corrected chi connectivity index (χ4v) is 12.6. The number of hydrogen-bond acceptors (Lipinski definition) is 28. The smallest absolute Gasteiger partial charge is 0.324 e. The molecule has 5 aromatic carbocycles. The first-order chi connectivity index (χ1) is 39.0. The summed E-state index contributed by atoms with van der Waals surface area (Å²) in [6.45, 7) is -4.18. The van der Waals surface area contributed by atoms with E-state index in [2.05, 4.69) is 76.8 Å². The Morgan fingerprint density at radius 1 is 0.405 bits per heavy atom. The van der Waals surface area contributed by atoms with E-state index < -0.39 is 144 Å². The van der Waals surface area contributed by atoms with Gasteiger partial charge in [-0.15, -0.1) is 0 Å². The molecule has 0 bridgehead atoms. The maximum absolute atomic E-state index is 13.7. The first-order valence-electron chi connectivity index (χ1n) is 22.8. The lowest BCUT2D eigenvalue weighted by atomic mass is 10.1. The van der Waals surface area contributed by atoms with E-state index in [1.807, 2.05) is 0 Å². The van der Waals surface area contributed by atoms with Gasteiger partial charge < -0.3 is 16.0 Å². The summed E-state index contributed by atoms with van der Waals surface area (Å²) in [6, 6.07) is 20.2. The van der Waals surface area contributed by atoms with Crippen molar-refractivity contribution in [3.8, 4) is 0 Å². The lowest BCUT2D eigenvalue weighted by molar-refractivity contribution is 0.271. The summed E-state index contributed by atoms with van der Waals surface area (Å²) >= 11 is 0. The highest BCUT2D eigenvalue weighted by Gasteiger charge is 2.25. The van der Waals surface area contributed by atoms with E-state index >= 15 is 0 Å². The van der Waals surface area contributed by atoms with Gasteiger partial charge in [-0.25, -0.2) is 69.3 Å². The van der Waals surface area contributed by atoms with Crippen LogP contribution in [0, 0.1) is 6.92 Å². The second kappa shape index (κ2) is 27.2. The SMILES string of the molecule is Cc1cc(Nc2nc(Nc3cccc(S(=O)(=O)NCCOS(=O)(=O)O)c3)nc(Nc3cccc(S(=O)(=O)NCCOS(=O)(=O)O)c3)n2)ccc1N=Nc1cc(S(=O)(=O)NCCOS(=O)(=O)O)c2cccc(S(=O)(=O)NCCOS(=O)(=O)O)c2c1. The molecule has 0 aliphatic carbocycles. The van der Waals surface area contributed by atoms with Crippen LogP contribution in [0.25, 0.3) is 10.8 Å². The lowest BCUT2D eigenvalue weighted by Gasteiger charge is -2.14. The van der Waals surface area contributed by atoms with Crippen LogP contribution in [-0.4, -0.2) is 153 Å². The number of sulfonamides is 4. The molecular weight excluding hydrogens is 1290 g/mol. The molecule has 0 aliphatic rings. The maximum Gasteiger partial charge on any atom is 0.397 e. The van der Waals surface area contributed by atoms with Crippen LogP contribution in [0.5, 0.6) is 0 Å². The van der Waals surface area contributed by atoms with E-state index in [0.29, 0.717) is 5.56 Å². The fraction of sp³-hybridized carbons (Fsp3) is 0.225. The molecule has 1 aromatic heterocycles. The number of rotatable bonds is 32. The molecule has 11 N–H and O–H groups in total. The van der Waals surface area contributed by atoms with E-state index in [1.165, 1.54) is 66.7 Å². The van der Waals surface area contributed by atoms with Crippen molar-refractivity contribution in [2.75, 3.05) is 68.6 Å². The van der Waals surface area contributed by atoms with Crippen LogP contribution in [0.3, 0.4) is 0 Å². The lowest BCUT2D eigenvalue weighted by Crippen LogP contribution is -2.29. The molecule has 1 heterocycles. The minimum Gasteiger partial charge on any atom is -0.324 e. The normalized spacial score (nSPS) is 13.1.